The lowest BCUT2D eigenvalue weighted by molar-refractivity contribution is -0.132. The summed E-state index contributed by atoms with van der Waals surface area (Å²) in [4.78, 5) is 10.5. The maximum Gasteiger partial charge on any atom is 0.330 e. The van der Waals surface area contributed by atoms with Gasteiger partial charge in [0.2, 0.25) is 0 Å². The van der Waals surface area contributed by atoms with Gasteiger partial charge in [-0.1, -0.05) is 6.08 Å². The molecule has 1 saturated heterocycles. The molecule has 0 aromatic heterocycles. The quantitative estimate of drug-likeness (QED) is 0.729. The topological polar surface area (TPSA) is 46.5 Å². The highest BCUT2D eigenvalue weighted by Crippen LogP contribution is 2.26. The van der Waals surface area contributed by atoms with Crippen molar-refractivity contribution >= 4 is 17.7 Å². The van der Waals surface area contributed by atoms with E-state index in [4.69, 9.17) is 9.84 Å². The standard InChI is InChI=1S/C10H16O3S/c1-7(10(11)12)4-6-14-9-3-5-13-8(9)2/h4,8-9H,3,5-6H2,1-2H3,(H,11,12)/b7-4-. The molecule has 1 fully saturated rings. The van der Waals surface area contributed by atoms with Crippen molar-refractivity contribution in [2.75, 3.05) is 12.4 Å². The zero-order chi connectivity index (χ0) is 10.6. The number of hydrogen-bond donors (Lipinski definition) is 1. The van der Waals surface area contributed by atoms with E-state index < -0.39 is 5.97 Å². The van der Waals surface area contributed by atoms with Gasteiger partial charge in [0, 0.05) is 23.2 Å². The Kier molecular flexibility index (Phi) is 4.48. The van der Waals surface area contributed by atoms with Crippen molar-refractivity contribution in [3.8, 4) is 0 Å². The molecule has 0 spiro atoms. The zero-order valence-electron chi connectivity index (χ0n) is 8.53. The third kappa shape index (κ3) is 3.35. The Morgan fingerprint density at radius 3 is 2.93 bits per heavy atom. The van der Waals surface area contributed by atoms with Gasteiger partial charge in [-0.3, -0.25) is 0 Å². The summed E-state index contributed by atoms with van der Waals surface area (Å²) >= 11 is 1.77. The van der Waals surface area contributed by atoms with E-state index in [1.807, 2.05) is 0 Å². The van der Waals surface area contributed by atoms with Crippen LogP contribution in [0, 0.1) is 0 Å². The molecule has 1 heterocycles. The first kappa shape index (κ1) is 11.6. The monoisotopic (exact) mass is 216 g/mol. The Labute approximate surface area is 88.5 Å². The van der Waals surface area contributed by atoms with Crippen molar-refractivity contribution in [2.24, 2.45) is 0 Å². The molecule has 0 aromatic carbocycles. The van der Waals surface area contributed by atoms with Gasteiger partial charge in [-0.05, 0) is 20.3 Å². The SMILES string of the molecule is C/C(=C/CSC1CCOC1C)C(=O)O. The second-order valence-corrected chi connectivity index (χ2v) is 4.70. The minimum absolute atomic E-state index is 0.304. The van der Waals surface area contributed by atoms with Crippen LogP contribution in [0.2, 0.25) is 0 Å². The average molecular weight is 216 g/mol. The number of carboxylic acid groups (broad SMARTS) is 1. The number of thioether (sulfide) groups is 1. The number of ether oxygens (including phenoxy) is 1. The van der Waals surface area contributed by atoms with Gasteiger partial charge in [0.15, 0.2) is 0 Å². The van der Waals surface area contributed by atoms with Gasteiger partial charge in [0.25, 0.3) is 0 Å². The molecular weight excluding hydrogens is 200 g/mol. The second kappa shape index (κ2) is 5.41. The van der Waals surface area contributed by atoms with Crippen LogP contribution in [0.3, 0.4) is 0 Å². The van der Waals surface area contributed by atoms with Crippen molar-refractivity contribution in [2.45, 2.75) is 31.6 Å². The summed E-state index contributed by atoms with van der Waals surface area (Å²) in [6, 6.07) is 0. The predicted molar refractivity (Wildman–Crippen MR) is 57.7 cm³/mol. The van der Waals surface area contributed by atoms with Crippen LogP contribution < -0.4 is 0 Å². The van der Waals surface area contributed by atoms with Crippen LogP contribution in [0.25, 0.3) is 0 Å². The van der Waals surface area contributed by atoms with Gasteiger partial charge >= 0.3 is 5.97 Å². The van der Waals surface area contributed by atoms with Gasteiger partial charge in [-0.15, -0.1) is 0 Å². The molecule has 14 heavy (non-hydrogen) atoms. The number of aliphatic carboxylic acids is 1. The first-order chi connectivity index (χ1) is 6.61. The summed E-state index contributed by atoms with van der Waals surface area (Å²) in [7, 11) is 0. The number of carbonyl (C=O) groups is 1. The Hall–Kier alpha value is -0.480. The molecule has 2 unspecified atom stereocenters. The van der Waals surface area contributed by atoms with Gasteiger partial charge in [-0.25, -0.2) is 4.79 Å². The number of carboxylic acids is 1. The molecule has 0 amide bonds. The summed E-state index contributed by atoms with van der Waals surface area (Å²) in [6.45, 7) is 4.52. The van der Waals surface area contributed by atoms with E-state index in [1.54, 1.807) is 24.8 Å². The van der Waals surface area contributed by atoms with Gasteiger partial charge in [-0.2, -0.15) is 11.8 Å². The minimum atomic E-state index is -0.832. The molecule has 80 valence electrons. The lowest BCUT2D eigenvalue weighted by Crippen LogP contribution is -2.13. The molecule has 0 radical (unpaired) electrons. The van der Waals surface area contributed by atoms with E-state index >= 15 is 0 Å². The molecule has 1 rings (SSSR count). The Balaban J connectivity index is 2.27. The largest absolute Gasteiger partial charge is 0.478 e. The Morgan fingerprint density at radius 1 is 1.71 bits per heavy atom. The second-order valence-electron chi connectivity index (χ2n) is 3.43. The molecule has 3 nitrogen and oxygen atoms in total. The maximum absolute atomic E-state index is 10.5. The van der Waals surface area contributed by atoms with Crippen LogP contribution in [-0.2, 0) is 9.53 Å². The highest BCUT2D eigenvalue weighted by atomic mass is 32.2. The maximum atomic E-state index is 10.5. The number of rotatable bonds is 4. The van der Waals surface area contributed by atoms with Crippen molar-refractivity contribution in [1.29, 1.82) is 0 Å². The van der Waals surface area contributed by atoms with Crippen LogP contribution in [0.15, 0.2) is 11.6 Å². The zero-order valence-corrected chi connectivity index (χ0v) is 9.34. The average Bonchev–Trinajstić information content (AvgIpc) is 2.51. The normalized spacial score (nSPS) is 28.0. The number of hydrogen-bond acceptors (Lipinski definition) is 3. The molecule has 0 aliphatic carbocycles. The van der Waals surface area contributed by atoms with E-state index in [1.165, 1.54) is 0 Å². The summed E-state index contributed by atoms with van der Waals surface area (Å²) in [6.07, 6.45) is 3.14. The first-order valence-electron chi connectivity index (χ1n) is 4.74. The van der Waals surface area contributed by atoms with Gasteiger partial charge < -0.3 is 9.84 Å². The Bertz CT molecular complexity index is 238. The van der Waals surface area contributed by atoms with Crippen LogP contribution in [0.4, 0.5) is 0 Å². The summed E-state index contributed by atoms with van der Waals surface area (Å²) in [5.41, 5.74) is 0.420. The third-order valence-electron chi connectivity index (χ3n) is 2.34. The van der Waals surface area contributed by atoms with Crippen LogP contribution in [-0.4, -0.2) is 34.8 Å². The van der Waals surface area contributed by atoms with Crippen LogP contribution in [0.5, 0.6) is 0 Å². The highest BCUT2D eigenvalue weighted by molar-refractivity contribution is 8.00. The predicted octanol–water partition coefficient (Wildman–Crippen LogP) is 1.93. The molecule has 1 aliphatic heterocycles. The fourth-order valence-electron chi connectivity index (χ4n) is 1.31. The van der Waals surface area contributed by atoms with E-state index in [9.17, 15) is 4.79 Å². The van der Waals surface area contributed by atoms with Gasteiger partial charge in [0.1, 0.15) is 0 Å². The van der Waals surface area contributed by atoms with Crippen molar-refractivity contribution in [3.05, 3.63) is 11.6 Å². The van der Waals surface area contributed by atoms with Crippen molar-refractivity contribution < 1.29 is 14.6 Å². The molecule has 0 saturated carbocycles. The molecule has 1 N–H and O–H groups in total. The Morgan fingerprint density at radius 2 is 2.43 bits per heavy atom. The lowest BCUT2D eigenvalue weighted by atomic mass is 10.3. The molecule has 0 bridgehead atoms. The van der Waals surface area contributed by atoms with Crippen molar-refractivity contribution in [1.82, 2.24) is 0 Å². The van der Waals surface area contributed by atoms with Crippen LogP contribution >= 0.6 is 11.8 Å². The van der Waals surface area contributed by atoms with E-state index in [-0.39, 0.29) is 0 Å². The fourth-order valence-corrected chi connectivity index (χ4v) is 2.52. The molecule has 0 aromatic rings. The molecular formula is C10H16O3S. The molecule has 2 atom stereocenters. The summed E-state index contributed by atoms with van der Waals surface area (Å²) in [5, 5.41) is 9.14. The van der Waals surface area contributed by atoms with E-state index in [2.05, 4.69) is 6.92 Å². The molecule has 4 heteroatoms. The minimum Gasteiger partial charge on any atom is -0.478 e. The highest BCUT2D eigenvalue weighted by Gasteiger charge is 2.23. The van der Waals surface area contributed by atoms with Gasteiger partial charge in [0.05, 0.1) is 6.10 Å². The summed E-state index contributed by atoms with van der Waals surface area (Å²) < 4.78 is 5.41. The first-order valence-corrected chi connectivity index (χ1v) is 5.79. The molecule has 1 aliphatic rings. The smallest absolute Gasteiger partial charge is 0.330 e. The summed E-state index contributed by atoms with van der Waals surface area (Å²) in [5.74, 6) is -0.0717. The lowest BCUT2D eigenvalue weighted by Gasteiger charge is -2.11. The van der Waals surface area contributed by atoms with E-state index in [0.717, 1.165) is 18.8 Å². The van der Waals surface area contributed by atoms with Crippen molar-refractivity contribution in [3.63, 3.8) is 0 Å². The van der Waals surface area contributed by atoms with E-state index in [0.29, 0.717) is 16.9 Å². The van der Waals surface area contributed by atoms with Crippen LogP contribution in [0.1, 0.15) is 20.3 Å². The third-order valence-corrected chi connectivity index (χ3v) is 3.75. The fraction of sp³-hybridized carbons (Fsp3) is 0.700.